The van der Waals surface area contributed by atoms with Crippen LogP contribution in [0.4, 0.5) is 5.69 Å². The average Bonchev–Trinajstić information content (AvgIpc) is 2.60. The molecule has 2 aliphatic rings. The van der Waals surface area contributed by atoms with E-state index in [1.54, 1.807) is 11.8 Å². The highest BCUT2D eigenvalue weighted by Crippen LogP contribution is 2.35. The van der Waals surface area contributed by atoms with Gasteiger partial charge in [-0.25, -0.2) is 4.98 Å². The highest BCUT2D eigenvalue weighted by molar-refractivity contribution is 8.10. The predicted octanol–water partition coefficient (Wildman–Crippen LogP) is 4.99. The van der Waals surface area contributed by atoms with Gasteiger partial charge in [-0.2, -0.15) is 0 Å². The standard InChI is InChI=1S/C22H24N2O3S/c1-2-27-20-12-19(21-7-5-3-4-6-10-28-21)24-18-9-8-16(11-17(18)20)23-22(25)15-13-26-14-15/h6-12,15H,2-5,13-14H2,1H3,(H,23,25)/b10-6+,21-7-. The fraction of sp³-hybridized carbons (Fsp3) is 0.364. The van der Waals surface area contributed by atoms with Crippen molar-refractivity contribution in [3.63, 3.8) is 0 Å². The molecule has 0 unspecified atom stereocenters. The zero-order valence-corrected chi connectivity index (χ0v) is 16.8. The molecule has 4 rings (SSSR count). The number of thioether (sulfide) groups is 1. The Morgan fingerprint density at radius 3 is 3.00 bits per heavy atom. The lowest BCUT2D eigenvalue weighted by Gasteiger charge is -2.24. The van der Waals surface area contributed by atoms with Crippen molar-refractivity contribution < 1.29 is 14.3 Å². The Kier molecular flexibility index (Phi) is 5.98. The number of nitrogens with zero attached hydrogens (tertiary/aromatic N) is 1. The smallest absolute Gasteiger partial charge is 0.232 e. The van der Waals surface area contributed by atoms with Crippen LogP contribution in [0.15, 0.2) is 41.8 Å². The Bertz CT molecular complexity index is 935. The van der Waals surface area contributed by atoms with E-state index in [-0.39, 0.29) is 11.8 Å². The lowest BCUT2D eigenvalue weighted by molar-refractivity contribution is -0.133. The van der Waals surface area contributed by atoms with Gasteiger partial charge in [0.1, 0.15) is 5.75 Å². The van der Waals surface area contributed by atoms with Crippen molar-refractivity contribution in [3.05, 3.63) is 47.5 Å². The number of pyridine rings is 1. The van der Waals surface area contributed by atoms with Crippen LogP contribution in [0.2, 0.25) is 0 Å². The molecule has 0 atom stereocenters. The summed E-state index contributed by atoms with van der Waals surface area (Å²) in [6, 6.07) is 7.78. The minimum absolute atomic E-state index is 0.00370. The SMILES string of the molecule is CCOc1cc(/C2=C/CCC/C=C/S2)nc2ccc(NC(=O)C3COC3)cc12. The average molecular weight is 397 g/mol. The maximum absolute atomic E-state index is 12.2. The molecule has 0 radical (unpaired) electrons. The van der Waals surface area contributed by atoms with Crippen molar-refractivity contribution in [2.45, 2.75) is 26.2 Å². The first-order valence-corrected chi connectivity index (χ1v) is 10.6. The van der Waals surface area contributed by atoms with Crippen LogP contribution < -0.4 is 10.1 Å². The monoisotopic (exact) mass is 396 g/mol. The molecule has 1 fully saturated rings. The topological polar surface area (TPSA) is 60.5 Å². The number of aromatic nitrogens is 1. The lowest BCUT2D eigenvalue weighted by atomic mass is 10.1. The van der Waals surface area contributed by atoms with E-state index in [1.807, 2.05) is 31.2 Å². The van der Waals surface area contributed by atoms with E-state index in [0.717, 1.165) is 52.2 Å². The molecule has 0 saturated carbocycles. The van der Waals surface area contributed by atoms with Crippen molar-refractivity contribution in [3.8, 4) is 5.75 Å². The summed E-state index contributed by atoms with van der Waals surface area (Å²) < 4.78 is 11.0. The number of ether oxygens (including phenoxy) is 2. The second-order valence-electron chi connectivity index (χ2n) is 6.88. The van der Waals surface area contributed by atoms with E-state index in [4.69, 9.17) is 14.5 Å². The summed E-state index contributed by atoms with van der Waals surface area (Å²) in [5, 5.41) is 6.01. The van der Waals surface area contributed by atoms with Gasteiger partial charge in [-0.3, -0.25) is 4.79 Å². The maximum atomic E-state index is 12.2. The van der Waals surface area contributed by atoms with Gasteiger partial charge >= 0.3 is 0 Å². The third-order valence-electron chi connectivity index (χ3n) is 4.80. The van der Waals surface area contributed by atoms with Gasteiger partial charge in [-0.1, -0.05) is 23.9 Å². The van der Waals surface area contributed by atoms with Gasteiger partial charge in [0.05, 0.1) is 36.9 Å². The molecule has 1 saturated heterocycles. The molecule has 5 nitrogen and oxygen atoms in total. The number of rotatable bonds is 5. The number of hydrogen-bond acceptors (Lipinski definition) is 5. The van der Waals surface area contributed by atoms with Gasteiger partial charge in [-0.15, -0.1) is 0 Å². The largest absolute Gasteiger partial charge is 0.493 e. The van der Waals surface area contributed by atoms with Gasteiger partial charge in [-0.05, 0) is 49.8 Å². The number of carbonyl (C=O) groups is 1. The summed E-state index contributed by atoms with van der Waals surface area (Å²) in [6.07, 6.45) is 7.79. The molecule has 0 spiro atoms. The fourth-order valence-electron chi connectivity index (χ4n) is 3.18. The summed E-state index contributed by atoms with van der Waals surface area (Å²) in [7, 11) is 0. The first kappa shape index (κ1) is 19.0. The summed E-state index contributed by atoms with van der Waals surface area (Å²) in [5.41, 5.74) is 2.54. The second kappa shape index (κ2) is 8.80. The van der Waals surface area contributed by atoms with E-state index in [1.165, 1.54) is 0 Å². The number of anilines is 1. The highest BCUT2D eigenvalue weighted by atomic mass is 32.2. The van der Waals surface area contributed by atoms with Crippen molar-refractivity contribution >= 4 is 39.2 Å². The van der Waals surface area contributed by atoms with Crippen LogP contribution in [0.3, 0.4) is 0 Å². The van der Waals surface area contributed by atoms with Gasteiger partial charge in [0.25, 0.3) is 0 Å². The summed E-state index contributed by atoms with van der Waals surface area (Å²) in [4.78, 5) is 18.2. The Labute approximate surface area is 169 Å². The summed E-state index contributed by atoms with van der Waals surface area (Å²) >= 11 is 1.70. The minimum Gasteiger partial charge on any atom is -0.493 e. The van der Waals surface area contributed by atoms with E-state index in [0.29, 0.717) is 19.8 Å². The Balaban J connectivity index is 1.67. The molecule has 1 aromatic carbocycles. The van der Waals surface area contributed by atoms with Crippen molar-refractivity contribution in [2.24, 2.45) is 5.92 Å². The van der Waals surface area contributed by atoms with E-state index >= 15 is 0 Å². The van der Waals surface area contributed by atoms with Crippen LogP contribution in [0, 0.1) is 5.92 Å². The van der Waals surface area contributed by atoms with Crippen molar-refractivity contribution in [1.82, 2.24) is 4.98 Å². The molecule has 0 bridgehead atoms. The Hall–Kier alpha value is -2.31. The number of allylic oxidation sites excluding steroid dienone is 2. The molecule has 2 aromatic rings. The van der Waals surface area contributed by atoms with Crippen LogP contribution in [0.1, 0.15) is 31.9 Å². The minimum atomic E-state index is -0.0566. The third kappa shape index (κ3) is 4.23. The van der Waals surface area contributed by atoms with Gasteiger partial charge in [0.15, 0.2) is 0 Å². The third-order valence-corrected chi connectivity index (χ3v) is 5.75. The predicted molar refractivity (Wildman–Crippen MR) is 114 cm³/mol. The molecule has 3 heterocycles. The maximum Gasteiger partial charge on any atom is 0.232 e. The summed E-state index contributed by atoms with van der Waals surface area (Å²) in [5.74, 6) is 0.730. The number of hydrogen-bond donors (Lipinski definition) is 1. The first-order chi connectivity index (χ1) is 13.7. The Morgan fingerprint density at radius 2 is 2.21 bits per heavy atom. The molecule has 1 amide bonds. The van der Waals surface area contributed by atoms with Gasteiger partial charge in [0.2, 0.25) is 5.91 Å². The fourth-order valence-corrected chi connectivity index (χ4v) is 3.99. The van der Waals surface area contributed by atoms with Crippen molar-refractivity contribution in [1.29, 1.82) is 0 Å². The lowest BCUT2D eigenvalue weighted by Crippen LogP contribution is -2.38. The van der Waals surface area contributed by atoms with Crippen LogP contribution in [0.25, 0.3) is 15.8 Å². The zero-order valence-electron chi connectivity index (χ0n) is 15.9. The molecule has 1 N–H and O–H groups in total. The number of carbonyl (C=O) groups excluding carboxylic acids is 1. The number of benzene rings is 1. The molecule has 146 valence electrons. The first-order valence-electron chi connectivity index (χ1n) is 9.73. The van der Waals surface area contributed by atoms with E-state index in [2.05, 4.69) is 22.9 Å². The highest BCUT2D eigenvalue weighted by Gasteiger charge is 2.26. The van der Waals surface area contributed by atoms with Gasteiger partial charge < -0.3 is 14.8 Å². The quantitative estimate of drug-likeness (QED) is 0.771. The molecule has 2 aliphatic heterocycles. The van der Waals surface area contributed by atoms with Crippen LogP contribution >= 0.6 is 11.8 Å². The molecule has 0 aliphatic carbocycles. The second-order valence-corrected chi connectivity index (χ2v) is 7.83. The zero-order chi connectivity index (χ0) is 19.3. The van der Waals surface area contributed by atoms with E-state index in [9.17, 15) is 4.79 Å². The number of nitrogens with one attached hydrogen (secondary N) is 1. The molecule has 6 heteroatoms. The van der Waals surface area contributed by atoms with E-state index < -0.39 is 0 Å². The normalized spacial score (nSPS) is 20.4. The number of fused-ring (bicyclic) bond motifs is 1. The van der Waals surface area contributed by atoms with Crippen LogP contribution in [-0.2, 0) is 9.53 Å². The van der Waals surface area contributed by atoms with Crippen LogP contribution in [-0.4, -0.2) is 30.7 Å². The molecular formula is C22H24N2O3S. The van der Waals surface area contributed by atoms with Gasteiger partial charge in [0, 0.05) is 22.0 Å². The van der Waals surface area contributed by atoms with Crippen molar-refractivity contribution in [2.75, 3.05) is 25.1 Å². The van der Waals surface area contributed by atoms with Crippen LogP contribution in [0.5, 0.6) is 5.75 Å². The molecular weight excluding hydrogens is 372 g/mol. The number of amides is 1. The molecule has 28 heavy (non-hydrogen) atoms. The Morgan fingerprint density at radius 1 is 1.32 bits per heavy atom. The summed E-state index contributed by atoms with van der Waals surface area (Å²) in [6.45, 7) is 3.53. The molecule has 1 aromatic heterocycles.